The number of carbonyl (C=O) groups excluding carboxylic acids is 1. The molecule has 3 aromatic rings. The van der Waals surface area contributed by atoms with Crippen molar-refractivity contribution in [2.45, 2.75) is 6.61 Å². The van der Waals surface area contributed by atoms with Crippen LogP contribution < -0.4 is 4.90 Å². The van der Waals surface area contributed by atoms with Gasteiger partial charge in [-0.15, -0.1) is 0 Å². The van der Waals surface area contributed by atoms with E-state index in [0.717, 1.165) is 35.7 Å². The maximum atomic E-state index is 12.4. The lowest BCUT2D eigenvalue weighted by molar-refractivity contribution is -0.136. The van der Waals surface area contributed by atoms with E-state index >= 15 is 0 Å². The Morgan fingerprint density at radius 1 is 0.967 bits per heavy atom. The van der Waals surface area contributed by atoms with Crippen LogP contribution >= 0.6 is 11.6 Å². The van der Waals surface area contributed by atoms with Crippen molar-refractivity contribution >= 4 is 23.3 Å². The average Bonchev–Trinajstić information content (AvgIpc) is 2.80. The first-order valence-corrected chi connectivity index (χ1v) is 10.3. The number of ether oxygens (including phenoxy) is 1. The van der Waals surface area contributed by atoms with Crippen molar-refractivity contribution in [3.63, 3.8) is 0 Å². The summed E-state index contributed by atoms with van der Waals surface area (Å²) in [6, 6.07) is 19.4. The first-order valence-electron chi connectivity index (χ1n) is 9.91. The van der Waals surface area contributed by atoms with Crippen LogP contribution in [0.5, 0.6) is 0 Å². The van der Waals surface area contributed by atoms with Gasteiger partial charge in [0.2, 0.25) is 5.91 Å². The molecule has 7 heteroatoms. The van der Waals surface area contributed by atoms with Crippen LogP contribution in [0.1, 0.15) is 5.56 Å². The van der Waals surface area contributed by atoms with Gasteiger partial charge in [-0.25, -0.2) is 9.97 Å². The Bertz CT molecular complexity index is 991. The second kappa shape index (κ2) is 9.69. The highest BCUT2D eigenvalue weighted by molar-refractivity contribution is 6.30. The molecule has 2 aromatic carbocycles. The summed E-state index contributed by atoms with van der Waals surface area (Å²) < 4.78 is 5.58. The van der Waals surface area contributed by atoms with Gasteiger partial charge in [0.05, 0.1) is 12.3 Å². The Morgan fingerprint density at radius 2 is 1.77 bits per heavy atom. The summed E-state index contributed by atoms with van der Waals surface area (Å²) in [5.41, 5.74) is 2.85. The highest BCUT2D eigenvalue weighted by atomic mass is 35.5. The predicted molar refractivity (Wildman–Crippen MR) is 117 cm³/mol. The van der Waals surface area contributed by atoms with Crippen LogP contribution in [-0.4, -0.2) is 53.6 Å². The van der Waals surface area contributed by atoms with Crippen LogP contribution in [0.2, 0.25) is 5.02 Å². The highest BCUT2D eigenvalue weighted by Crippen LogP contribution is 2.24. The number of hydrogen-bond donors (Lipinski definition) is 0. The van der Waals surface area contributed by atoms with Crippen LogP contribution in [0, 0.1) is 0 Å². The zero-order chi connectivity index (χ0) is 20.8. The first-order chi connectivity index (χ1) is 14.7. The molecule has 154 valence electrons. The van der Waals surface area contributed by atoms with Gasteiger partial charge in [-0.05, 0) is 17.7 Å². The molecule has 0 spiro atoms. The minimum Gasteiger partial charge on any atom is -0.367 e. The SMILES string of the molecule is O=C(COCc1ccccc1)N1CCN(c2cc(-c3cccc(Cl)c3)ncn2)CC1. The smallest absolute Gasteiger partial charge is 0.248 e. The lowest BCUT2D eigenvalue weighted by atomic mass is 10.1. The van der Waals surface area contributed by atoms with Gasteiger partial charge in [0.25, 0.3) is 0 Å². The molecule has 1 fully saturated rings. The Morgan fingerprint density at radius 3 is 2.53 bits per heavy atom. The number of hydrogen-bond acceptors (Lipinski definition) is 5. The Labute approximate surface area is 181 Å². The van der Waals surface area contributed by atoms with Gasteiger partial charge >= 0.3 is 0 Å². The highest BCUT2D eigenvalue weighted by Gasteiger charge is 2.22. The van der Waals surface area contributed by atoms with E-state index < -0.39 is 0 Å². The monoisotopic (exact) mass is 422 g/mol. The summed E-state index contributed by atoms with van der Waals surface area (Å²) in [4.78, 5) is 25.3. The summed E-state index contributed by atoms with van der Waals surface area (Å²) in [5, 5.41) is 0.675. The van der Waals surface area contributed by atoms with Gasteiger partial charge in [0.15, 0.2) is 0 Å². The average molecular weight is 423 g/mol. The predicted octanol–water partition coefficient (Wildman–Crippen LogP) is 3.66. The fourth-order valence-electron chi connectivity index (χ4n) is 3.43. The summed E-state index contributed by atoms with van der Waals surface area (Å²) in [5.74, 6) is 0.875. The molecular formula is C23H23ClN4O2. The largest absolute Gasteiger partial charge is 0.367 e. The van der Waals surface area contributed by atoms with Crippen LogP contribution in [0.3, 0.4) is 0 Å². The van der Waals surface area contributed by atoms with Gasteiger partial charge < -0.3 is 14.5 Å². The zero-order valence-electron chi connectivity index (χ0n) is 16.6. The van der Waals surface area contributed by atoms with Crippen LogP contribution in [0.15, 0.2) is 67.0 Å². The molecule has 1 aliphatic heterocycles. The molecule has 0 saturated carbocycles. The maximum Gasteiger partial charge on any atom is 0.248 e. The number of nitrogens with zero attached hydrogens (tertiary/aromatic N) is 4. The topological polar surface area (TPSA) is 58.6 Å². The molecule has 0 unspecified atom stereocenters. The molecule has 1 amide bonds. The van der Waals surface area contributed by atoms with Gasteiger partial charge in [-0.1, -0.05) is 54.1 Å². The van der Waals surface area contributed by atoms with Crippen molar-refractivity contribution in [3.8, 4) is 11.3 Å². The second-order valence-electron chi connectivity index (χ2n) is 7.12. The van der Waals surface area contributed by atoms with Crippen molar-refractivity contribution < 1.29 is 9.53 Å². The number of benzene rings is 2. The van der Waals surface area contributed by atoms with E-state index in [1.54, 1.807) is 6.33 Å². The molecule has 0 bridgehead atoms. The molecule has 0 radical (unpaired) electrons. The fourth-order valence-corrected chi connectivity index (χ4v) is 3.62. The lowest BCUT2D eigenvalue weighted by Gasteiger charge is -2.35. The molecule has 1 aromatic heterocycles. The van der Waals surface area contributed by atoms with Gasteiger partial charge in [0, 0.05) is 42.8 Å². The van der Waals surface area contributed by atoms with Gasteiger partial charge in [-0.2, -0.15) is 0 Å². The van der Waals surface area contributed by atoms with Crippen molar-refractivity contribution in [1.29, 1.82) is 0 Å². The molecule has 0 atom stereocenters. The third kappa shape index (κ3) is 5.14. The van der Waals surface area contributed by atoms with E-state index in [0.29, 0.717) is 24.7 Å². The van der Waals surface area contributed by atoms with Crippen molar-refractivity contribution in [1.82, 2.24) is 14.9 Å². The summed E-state index contributed by atoms with van der Waals surface area (Å²) in [7, 11) is 0. The minimum absolute atomic E-state index is 0.0212. The molecular weight excluding hydrogens is 400 g/mol. The van der Waals surface area contributed by atoms with Gasteiger partial charge in [-0.3, -0.25) is 4.79 Å². The quantitative estimate of drug-likeness (QED) is 0.606. The number of rotatable bonds is 6. The molecule has 6 nitrogen and oxygen atoms in total. The summed E-state index contributed by atoms with van der Waals surface area (Å²) >= 11 is 6.10. The third-order valence-corrected chi connectivity index (χ3v) is 5.30. The molecule has 30 heavy (non-hydrogen) atoms. The van der Waals surface area contributed by atoms with Crippen LogP contribution in [-0.2, 0) is 16.1 Å². The normalized spacial score (nSPS) is 14.0. The second-order valence-corrected chi connectivity index (χ2v) is 7.55. The zero-order valence-corrected chi connectivity index (χ0v) is 17.3. The van der Waals surface area contributed by atoms with Gasteiger partial charge in [0.1, 0.15) is 18.8 Å². The standard InChI is InChI=1S/C23H23ClN4O2/c24-20-8-4-7-19(13-20)21-14-22(26-17-25-21)27-9-11-28(12-10-27)23(29)16-30-15-18-5-2-1-3-6-18/h1-8,13-14,17H,9-12,15-16H2. The number of aromatic nitrogens is 2. The maximum absolute atomic E-state index is 12.4. The lowest BCUT2D eigenvalue weighted by Crippen LogP contribution is -2.50. The number of piperazine rings is 1. The molecule has 0 N–H and O–H groups in total. The van der Waals surface area contributed by atoms with Crippen molar-refractivity contribution in [2.75, 3.05) is 37.7 Å². The molecule has 1 aliphatic rings. The molecule has 4 rings (SSSR count). The number of carbonyl (C=O) groups is 1. The van der Waals surface area contributed by atoms with E-state index in [1.807, 2.05) is 65.6 Å². The molecule has 1 saturated heterocycles. The van der Waals surface area contributed by atoms with Crippen molar-refractivity contribution in [2.24, 2.45) is 0 Å². The first kappa shape index (κ1) is 20.3. The Hall–Kier alpha value is -2.96. The Balaban J connectivity index is 1.30. The van der Waals surface area contributed by atoms with Crippen molar-refractivity contribution in [3.05, 3.63) is 77.6 Å². The van der Waals surface area contributed by atoms with E-state index in [9.17, 15) is 4.79 Å². The number of amides is 1. The number of anilines is 1. The molecule has 2 heterocycles. The van der Waals surface area contributed by atoms with E-state index in [4.69, 9.17) is 16.3 Å². The van der Waals surface area contributed by atoms with E-state index in [1.165, 1.54) is 0 Å². The number of halogens is 1. The summed E-state index contributed by atoms with van der Waals surface area (Å²) in [6.07, 6.45) is 1.57. The summed E-state index contributed by atoms with van der Waals surface area (Å²) in [6.45, 7) is 3.27. The molecule has 0 aliphatic carbocycles. The van der Waals surface area contributed by atoms with Crippen LogP contribution in [0.25, 0.3) is 11.3 Å². The van der Waals surface area contributed by atoms with Crippen LogP contribution in [0.4, 0.5) is 5.82 Å². The van der Waals surface area contributed by atoms with E-state index in [-0.39, 0.29) is 12.5 Å². The van der Waals surface area contributed by atoms with E-state index in [2.05, 4.69) is 14.9 Å². The third-order valence-electron chi connectivity index (χ3n) is 5.07. The minimum atomic E-state index is 0.0212. The Kier molecular flexibility index (Phi) is 6.57. The fraction of sp³-hybridized carbons (Fsp3) is 0.261.